The van der Waals surface area contributed by atoms with Crippen LogP contribution in [0.2, 0.25) is 0 Å². The van der Waals surface area contributed by atoms with Gasteiger partial charge < -0.3 is 5.32 Å². The lowest BCUT2D eigenvalue weighted by Gasteiger charge is -2.17. The topological polar surface area (TPSA) is 12.0 Å². The highest BCUT2D eigenvalue weighted by atomic mass is 32.1. The average molecular weight is 197 g/mol. The van der Waals surface area contributed by atoms with Crippen LogP contribution < -0.4 is 5.32 Å². The van der Waals surface area contributed by atoms with E-state index >= 15 is 0 Å². The lowest BCUT2D eigenvalue weighted by atomic mass is 10.2. The Morgan fingerprint density at radius 1 is 1.38 bits per heavy atom. The summed E-state index contributed by atoms with van der Waals surface area (Å²) in [5.74, 6) is 0. The minimum Gasteiger partial charge on any atom is -0.307 e. The van der Waals surface area contributed by atoms with Crippen LogP contribution in [0.1, 0.15) is 43.0 Å². The van der Waals surface area contributed by atoms with Crippen molar-refractivity contribution in [3.05, 3.63) is 21.9 Å². The number of hydrogen-bond donors (Lipinski definition) is 1. The summed E-state index contributed by atoms with van der Waals surface area (Å²) in [6.45, 7) is 8.84. The molecule has 0 spiro atoms. The SMILES string of the molecule is CC[C@@H](C)N[C@@H](C)c1ccc(C)s1. The molecule has 0 bridgehead atoms. The second kappa shape index (κ2) is 4.77. The number of aryl methyl sites for hydroxylation is 1. The van der Waals surface area contributed by atoms with Gasteiger partial charge in [-0.2, -0.15) is 0 Å². The van der Waals surface area contributed by atoms with Crippen molar-refractivity contribution in [3.63, 3.8) is 0 Å². The molecule has 0 saturated carbocycles. The molecule has 0 unspecified atom stereocenters. The first-order valence-corrected chi connectivity index (χ1v) is 5.77. The fraction of sp³-hybridized carbons (Fsp3) is 0.636. The zero-order valence-electron chi connectivity index (χ0n) is 8.92. The monoisotopic (exact) mass is 197 g/mol. The van der Waals surface area contributed by atoms with Gasteiger partial charge in [0.05, 0.1) is 0 Å². The van der Waals surface area contributed by atoms with E-state index in [1.807, 2.05) is 11.3 Å². The van der Waals surface area contributed by atoms with Crippen LogP contribution in [0.25, 0.3) is 0 Å². The maximum atomic E-state index is 3.57. The molecule has 0 fully saturated rings. The lowest BCUT2D eigenvalue weighted by molar-refractivity contribution is 0.474. The van der Waals surface area contributed by atoms with Crippen molar-refractivity contribution in [3.8, 4) is 0 Å². The van der Waals surface area contributed by atoms with E-state index in [0.717, 1.165) is 0 Å². The molecule has 0 aliphatic carbocycles. The molecule has 2 heteroatoms. The highest BCUT2D eigenvalue weighted by molar-refractivity contribution is 7.12. The van der Waals surface area contributed by atoms with Gasteiger partial charge in [-0.1, -0.05) is 6.92 Å². The maximum Gasteiger partial charge on any atom is 0.0388 e. The van der Waals surface area contributed by atoms with Crippen LogP contribution in [0, 0.1) is 6.92 Å². The van der Waals surface area contributed by atoms with E-state index in [0.29, 0.717) is 12.1 Å². The van der Waals surface area contributed by atoms with Gasteiger partial charge in [0.25, 0.3) is 0 Å². The molecule has 2 atom stereocenters. The standard InChI is InChI=1S/C11H19NS/c1-5-8(2)12-10(4)11-7-6-9(3)13-11/h6-8,10,12H,5H2,1-4H3/t8-,10+/m1/s1. The van der Waals surface area contributed by atoms with Gasteiger partial charge in [-0.05, 0) is 39.3 Å². The quantitative estimate of drug-likeness (QED) is 0.779. The normalized spacial score (nSPS) is 15.7. The first-order chi connectivity index (χ1) is 6.13. The van der Waals surface area contributed by atoms with Gasteiger partial charge in [0.15, 0.2) is 0 Å². The fourth-order valence-corrected chi connectivity index (χ4v) is 2.20. The van der Waals surface area contributed by atoms with Crippen LogP contribution in [0.5, 0.6) is 0 Å². The van der Waals surface area contributed by atoms with Gasteiger partial charge in [-0.25, -0.2) is 0 Å². The van der Waals surface area contributed by atoms with Crippen molar-refractivity contribution in [2.45, 2.75) is 46.2 Å². The van der Waals surface area contributed by atoms with E-state index in [-0.39, 0.29) is 0 Å². The van der Waals surface area contributed by atoms with Gasteiger partial charge in [0, 0.05) is 21.8 Å². The van der Waals surface area contributed by atoms with Crippen LogP contribution in [-0.4, -0.2) is 6.04 Å². The van der Waals surface area contributed by atoms with Crippen LogP contribution in [0.4, 0.5) is 0 Å². The fourth-order valence-electron chi connectivity index (χ4n) is 1.31. The molecule has 0 aliphatic rings. The Hall–Kier alpha value is -0.340. The molecular weight excluding hydrogens is 178 g/mol. The number of hydrogen-bond acceptors (Lipinski definition) is 2. The Morgan fingerprint density at radius 2 is 2.08 bits per heavy atom. The van der Waals surface area contributed by atoms with E-state index in [1.165, 1.54) is 16.2 Å². The predicted octanol–water partition coefficient (Wildman–Crippen LogP) is 3.51. The third kappa shape index (κ3) is 3.12. The van der Waals surface area contributed by atoms with Crippen molar-refractivity contribution >= 4 is 11.3 Å². The maximum absolute atomic E-state index is 3.57. The summed E-state index contributed by atoms with van der Waals surface area (Å²) >= 11 is 1.89. The molecule has 1 heterocycles. The molecule has 13 heavy (non-hydrogen) atoms. The third-order valence-corrected chi connectivity index (χ3v) is 3.52. The van der Waals surface area contributed by atoms with Crippen molar-refractivity contribution < 1.29 is 0 Å². The van der Waals surface area contributed by atoms with E-state index in [9.17, 15) is 0 Å². The number of thiophene rings is 1. The Bertz CT molecular complexity index is 254. The summed E-state index contributed by atoms with van der Waals surface area (Å²) in [5, 5.41) is 3.57. The lowest BCUT2D eigenvalue weighted by Crippen LogP contribution is -2.27. The Balaban J connectivity index is 2.53. The van der Waals surface area contributed by atoms with Crippen LogP contribution >= 0.6 is 11.3 Å². The van der Waals surface area contributed by atoms with Crippen molar-refractivity contribution in [1.82, 2.24) is 5.32 Å². The summed E-state index contributed by atoms with van der Waals surface area (Å²) in [5.41, 5.74) is 0. The molecule has 1 N–H and O–H groups in total. The largest absolute Gasteiger partial charge is 0.307 e. The Labute approximate surface area is 85.2 Å². The van der Waals surface area contributed by atoms with Gasteiger partial charge in [-0.3, -0.25) is 0 Å². The average Bonchev–Trinajstić information content (AvgIpc) is 2.51. The molecule has 1 aromatic rings. The molecule has 0 saturated heterocycles. The summed E-state index contributed by atoms with van der Waals surface area (Å²) in [4.78, 5) is 2.84. The zero-order valence-corrected chi connectivity index (χ0v) is 9.74. The highest BCUT2D eigenvalue weighted by Gasteiger charge is 2.09. The smallest absolute Gasteiger partial charge is 0.0388 e. The first-order valence-electron chi connectivity index (χ1n) is 4.96. The van der Waals surface area contributed by atoms with Crippen LogP contribution in [0.3, 0.4) is 0 Å². The molecule has 0 radical (unpaired) electrons. The van der Waals surface area contributed by atoms with Crippen molar-refractivity contribution in [1.29, 1.82) is 0 Å². The van der Waals surface area contributed by atoms with Crippen LogP contribution in [0.15, 0.2) is 12.1 Å². The summed E-state index contributed by atoms with van der Waals surface area (Å²) < 4.78 is 0. The highest BCUT2D eigenvalue weighted by Crippen LogP contribution is 2.22. The van der Waals surface area contributed by atoms with Crippen molar-refractivity contribution in [2.75, 3.05) is 0 Å². The van der Waals surface area contributed by atoms with Crippen LogP contribution in [-0.2, 0) is 0 Å². The summed E-state index contributed by atoms with van der Waals surface area (Å²) in [7, 11) is 0. The predicted molar refractivity (Wildman–Crippen MR) is 60.4 cm³/mol. The second-order valence-electron chi connectivity index (χ2n) is 3.65. The molecule has 1 nitrogen and oxygen atoms in total. The summed E-state index contributed by atoms with van der Waals surface area (Å²) in [6, 6.07) is 5.51. The van der Waals surface area contributed by atoms with E-state index in [1.54, 1.807) is 0 Å². The van der Waals surface area contributed by atoms with E-state index in [4.69, 9.17) is 0 Å². The van der Waals surface area contributed by atoms with Gasteiger partial charge >= 0.3 is 0 Å². The zero-order chi connectivity index (χ0) is 9.84. The summed E-state index contributed by atoms with van der Waals surface area (Å²) in [6.07, 6.45) is 1.19. The molecule has 74 valence electrons. The minimum absolute atomic E-state index is 0.494. The number of nitrogens with one attached hydrogen (secondary N) is 1. The molecule has 0 aromatic carbocycles. The van der Waals surface area contributed by atoms with E-state index in [2.05, 4.69) is 45.1 Å². The van der Waals surface area contributed by atoms with Gasteiger partial charge in [0.1, 0.15) is 0 Å². The first kappa shape index (κ1) is 10.7. The number of rotatable bonds is 4. The van der Waals surface area contributed by atoms with Gasteiger partial charge in [0.2, 0.25) is 0 Å². The molecule has 1 aromatic heterocycles. The third-order valence-electron chi connectivity index (χ3n) is 2.33. The second-order valence-corrected chi connectivity index (χ2v) is 4.97. The molecular formula is C11H19NS. The molecule has 0 aliphatic heterocycles. The minimum atomic E-state index is 0.494. The Kier molecular flexibility index (Phi) is 3.94. The molecule has 0 amide bonds. The van der Waals surface area contributed by atoms with Gasteiger partial charge in [-0.15, -0.1) is 11.3 Å². The van der Waals surface area contributed by atoms with E-state index < -0.39 is 0 Å². The Morgan fingerprint density at radius 3 is 2.54 bits per heavy atom. The molecule has 1 rings (SSSR count). The van der Waals surface area contributed by atoms with Crippen molar-refractivity contribution in [2.24, 2.45) is 0 Å².